The SMILES string of the molecule is CNC(=O)c1sc2ccccc2c1[C@H]1CN(Cc2cc3cccc(OC)c3o2)CCO1. The lowest BCUT2D eigenvalue weighted by atomic mass is 10.0. The van der Waals surface area contributed by atoms with Crippen LogP contribution >= 0.6 is 11.3 Å². The van der Waals surface area contributed by atoms with E-state index in [4.69, 9.17) is 13.9 Å². The van der Waals surface area contributed by atoms with Crippen LogP contribution in [-0.4, -0.2) is 44.7 Å². The van der Waals surface area contributed by atoms with Crippen molar-refractivity contribution >= 4 is 38.3 Å². The van der Waals surface area contributed by atoms with Gasteiger partial charge in [0.1, 0.15) is 5.76 Å². The van der Waals surface area contributed by atoms with Gasteiger partial charge >= 0.3 is 0 Å². The summed E-state index contributed by atoms with van der Waals surface area (Å²) >= 11 is 1.52. The minimum Gasteiger partial charge on any atom is -0.493 e. The summed E-state index contributed by atoms with van der Waals surface area (Å²) in [5, 5.41) is 4.90. The quantitative estimate of drug-likeness (QED) is 0.496. The molecule has 4 aromatic rings. The van der Waals surface area contributed by atoms with Crippen molar-refractivity contribution in [2.75, 3.05) is 33.9 Å². The number of ether oxygens (including phenoxy) is 2. The Bertz CT molecular complexity index is 1250. The van der Waals surface area contributed by atoms with Gasteiger partial charge in [-0.2, -0.15) is 0 Å². The Morgan fingerprint density at radius 2 is 2.13 bits per heavy atom. The Morgan fingerprint density at radius 1 is 1.26 bits per heavy atom. The number of para-hydroxylation sites is 1. The first kappa shape index (κ1) is 20.1. The molecule has 0 unspecified atom stereocenters. The number of fused-ring (bicyclic) bond motifs is 2. The Kier molecular flexibility index (Phi) is 5.40. The van der Waals surface area contributed by atoms with E-state index < -0.39 is 0 Å². The standard InChI is InChI=1S/C24H24N2O4S/c1-25-24(27)23-21(17-7-3-4-9-20(17)31-23)19-14-26(10-11-29-19)13-16-12-15-6-5-8-18(28-2)22(15)30-16/h3-9,12,19H,10-11,13-14H2,1-2H3,(H,25,27)/t19-/m1/s1. The van der Waals surface area contributed by atoms with Crippen LogP contribution in [0.4, 0.5) is 0 Å². The lowest BCUT2D eigenvalue weighted by Crippen LogP contribution is -2.38. The van der Waals surface area contributed by atoms with E-state index >= 15 is 0 Å². The minimum absolute atomic E-state index is 0.0682. The molecule has 1 atom stereocenters. The van der Waals surface area contributed by atoms with Crippen LogP contribution in [0.15, 0.2) is 52.9 Å². The first-order valence-corrected chi connectivity index (χ1v) is 11.1. The first-order chi connectivity index (χ1) is 15.2. The number of morpholine rings is 1. The second-order valence-electron chi connectivity index (χ2n) is 7.61. The summed E-state index contributed by atoms with van der Waals surface area (Å²) in [6, 6.07) is 16.1. The summed E-state index contributed by atoms with van der Waals surface area (Å²) in [5.74, 6) is 1.56. The fourth-order valence-corrected chi connectivity index (χ4v) is 5.44. The highest BCUT2D eigenvalue weighted by Gasteiger charge is 2.30. The molecule has 1 fully saturated rings. The average Bonchev–Trinajstić information content (AvgIpc) is 3.39. The van der Waals surface area contributed by atoms with E-state index in [0.29, 0.717) is 19.7 Å². The molecule has 1 N–H and O–H groups in total. The number of hydrogen-bond donors (Lipinski definition) is 1. The van der Waals surface area contributed by atoms with Crippen LogP contribution < -0.4 is 10.1 Å². The maximum atomic E-state index is 12.6. The molecule has 0 spiro atoms. The molecule has 6 nitrogen and oxygen atoms in total. The molecule has 0 radical (unpaired) electrons. The maximum Gasteiger partial charge on any atom is 0.261 e. The van der Waals surface area contributed by atoms with Crippen molar-refractivity contribution in [1.29, 1.82) is 0 Å². The summed E-state index contributed by atoms with van der Waals surface area (Å²) in [5.41, 5.74) is 1.76. The second kappa shape index (κ2) is 8.34. The minimum atomic E-state index is -0.170. The Labute approximate surface area is 184 Å². The predicted octanol–water partition coefficient (Wildman–Crippen LogP) is 4.59. The number of methoxy groups -OCH3 is 1. The predicted molar refractivity (Wildman–Crippen MR) is 122 cm³/mol. The normalized spacial score (nSPS) is 17.3. The van der Waals surface area contributed by atoms with Crippen molar-refractivity contribution in [3.63, 3.8) is 0 Å². The van der Waals surface area contributed by atoms with Crippen molar-refractivity contribution in [3.8, 4) is 5.75 Å². The molecule has 5 rings (SSSR count). The largest absolute Gasteiger partial charge is 0.493 e. The third-order valence-electron chi connectivity index (χ3n) is 5.70. The van der Waals surface area contributed by atoms with Gasteiger partial charge in [-0.3, -0.25) is 9.69 Å². The van der Waals surface area contributed by atoms with Gasteiger partial charge in [-0.25, -0.2) is 0 Å². The number of benzene rings is 2. The van der Waals surface area contributed by atoms with Crippen molar-refractivity contribution in [2.24, 2.45) is 0 Å². The molecular formula is C24H24N2O4S. The molecule has 0 saturated carbocycles. The van der Waals surface area contributed by atoms with E-state index in [1.807, 2.05) is 30.3 Å². The van der Waals surface area contributed by atoms with Gasteiger partial charge in [0, 0.05) is 35.8 Å². The Hall–Kier alpha value is -2.87. The van der Waals surface area contributed by atoms with Crippen LogP contribution in [0, 0.1) is 0 Å². The summed E-state index contributed by atoms with van der Waals surface area (Å²) in [6.45, 7) is 2.78. The third-order valence-corrected chi connectivity index (χ3v) is 6.88. The van der Waals surface area contributed by atoms with Crippen LogP contribution in [0.5, 0.6) is 5.75 Å². The highest BCUT2D eigenvalue weighted by Crippen LogP contribution is 2.38. The van der Waals surface area contributed by atoms with Crippen LogP contribution in [0.2, 0.25) is 0 Å². The summed E-state index contributed by atoms with van der Waals surface area (Å²) in [6.07, 6.45) is -0.170. The zero-order valence-corrected chi connectivity index (χ0v) is 18.3. The highest BCUT2D eigenvalue weighted by atomic mass is 32.1. The van der Waals surface area contributed by atoms with Gasteiger partial charge in [-0.1, -0.05) is 30.3 Å². The number of rotatable bonds is 5. The number of nitrogens with zero attached hydrogens (tertiary/aromatic N) is 1. The van der Waals surface area contributed by atoms with Crippen LogP contribution in [0.1, 0.15) is 27.1 Å². The summed E-state index contributed by atoms with van der Waals surface area (Å²) < 4.78 is 18.8. The molecule has 1 saturated heterocycles. The van der Waals surface area contributed by atoms with Gasteiger partial charge < -0.3 is 19.2 Å². The van der Waals surface area contributed by atoms with Crippen LogP contribution in [-0.2, 0) is 11.3 Å². The summed E-state index contributed by atoms with van der Waals surface area (Å²) in [7, 11) is 3.32. The molecule has 160 valence electrons. The molecule has 7 heteroatoms. The number of carbonyl (C=O) groups excluding carboxylic acids is 1. The van der Waals surface area contributed by atoms with E-state index in [2.05, 4.69) is 28.4 Å². The smallest absolute Gasteiger partial charge is 0.261 e. The number of hydrogen-bond acceptors (Lipinski definition) is 6. The number of nitrogens with one attached hydrogen (secondary N) is 1. The van der Waals surface area contributed by atoms with E-state index in [1.165, 1.54) is 11.3 Å². The van der Waals surface area contributed by atoms with Crippen molar-refractivity contribution < 1.29 is 18.7 Å². The van der Waals surface area contributed by atoms with Crippen molar-refractivity contribution in [1.82, 2.24) is 10.2 Å². The molecule has 0 bridgehead atoms. The van der Waals surface area contributed by atoms with Gasteiger partial charge in [0.15, 0.2) is 11.3 Å². The first-order valence-electron chi connectivity index (χ1n) is 10.3. The zero-order valence-electron chi connectivity index (χ0n) is 17.5. The molecule has 1 aliphatic rings. The topological polar surface area (TPSA) is 63.9 Å². The van der Waals surface area contributed by atoms with Gasteiger partial charge in [-0.15, -0.1) is 11.3 Å². The van der Waals surface area contributed by atoms with Gasteiger partial charge in [0.25, 0.3) is 5.91 Å². The molecule has 31 heavy (non-hydrogen) atoms. The lowest BCUT2D eigenvalue weighted by molar-refractivity contribution is -0.0339. The number of carbonyl (C=O) groups is 1. The van der Waals surface area contributed by atoms with E-state index in [1.54, 1.807) is 14.2 Å². The molecule has 2 aromatic heterocycles. The van der Waals surface area contributed by atoms with E-state index in [0.717, 1.165) is 49.6 Å². The molecule has 3 heterocycles. The zero-order chi connectivity index (χ0) is 21.4. The Balaban J connectivity index is 1.43. The van der Waals surface area contributed by atoms with E-state index in [9.17, 15) is 4.79 Å². The van der Waals surface area contributed by atoms with Gasteiger partial charge in [-0.05, 0) is 23.6 Å². The maximum absolute atomic E-state index is 12.6. The average molecular weight is 437 g/mol. The third kappa shape index (κ3) is 3.69. The van der Waals surface area contributed by atoms with Crippen molar-refractivity contribution in [3.05, 3.63) is 64.7 Å². The monoisotopic (exact) mass is 436 g/mol. The van der Waals surface area contributed by atoms with E-state index in [-0.39, 0.29) is 12.0 Å². The molecular weight excluding hydrogens is 412 g/mol. The Morgan fingerprint density at radius 3 is 2.97 bits per heavy atom. The van der Waals surface area contributed by atoms with Crippen LogP contribution in [0.3, 0.4) is 0 Å². The fourth-order valence-electron chi connectivity index (χ4n) is 4.24. The number of furan rings is 1. The second-order valence-corrected chi connectivity index (χ2v) is 8.66. The molecule has 1 amide bonds. The molecule has 2 aromatic carbocycles. The number of thiophene rings is 1. The molecule has 1 aliphatic heterocycles. The lowest BCUT2D eigenvalue weighted by Gasteiger charge is -2.32. The fraction of sp³-hybridized carbons (Fsp3) is 0.292. The van der Waals surface area contributed by atoms with Crippen molar-refractivity contribution in [2.45, 2.75) is 12.6 Å². The molecule has 0 aliphatic carbocycles. The highest BCUT2D eigenvalue weighted by molar-refractivity contribution is 7.21. The van der Waals surface area contributed by atoms with Gasteiger partial charge in [0.05, 0.1) is 31.2 Å². The van der Waals surface area contributed by atoms with Crippen LogP contribution in [0.25, 0.3) is 21.1 Å². The van der Waals surface area contributed by atoms with Gasteiger partial charge in [0.2, 0.25) is 0 Å². The number of amides is 1. The summed E-state index contributed by atoms with van der Waals surface area (Å²) in [4.78, 5) is 15.6.